The van der Waals surface area contributed by atoms with E-state index in [1.54, 1.807) is 23.9 Å². The van der Waals surface area contributed by atoms with Gasteiger partial charge in [-0.1, -0.05) is 11.6 Å². The first-order valence-electron chi connectivity index (χ1n) is 7.71. The molecule has 0 aromatic heterocycles. The summed E-state index contributed by atoms with van der Waals surface area (Å²) in [5.41, 5.74) is 2.44. The maximum Gasteiger partial charge on any atom is 0.251 e. The Labute approximate surface area is 150 Å². The quantitative estimate of drug-likeness (QED) is 0.630. The predicted octanol–water partition coefficient (Wildman–Crippen LogP) is 3.75. The fraction of sp³-hybridized carbons (Fsp3) is 0.222. The maximum absolute atomic E-state index is 12.2. The molecule has 1 aliphatic heterocycles. The molecule has 24 heavy (non-hydrogen) atoms. The molecule has 6 heteroatoms. The molecule has 1 aliphatic rings. The van der Waals surface area contributed by atoms with Crippen molar-refractivity contribution >= 4 is 40.9 Å². The summed E-state index contributed by atoms with van der Waals surface area (Å²) in [7, 11) is 0. The van der Waals surface area contributed by atoms with E-state index in [1.807, 2.05) is 30.3 Å². The van der Waals surface area contributed by atoms with Crippen molar-refractivity contribution in [2.75, 3.05) is 17.6 Å². The molecule has 0 aliphatic carbocycles. The average Bonchev–Trinajstić information content (AvgIpc) is 2.59. The van der Waals surface area contributed by atoms with Gasteiger partial charge in [0.05, 0.1) is 0 Å². The third kappa shape index (κ3) is 4.30. The second-order valence-electron chi connectivity index (χ2n) is 5.48. The molecule has 2 amide bonds. The van der Waals surface area contributed by atoms with E-state index in [9.17, 15) is 9.59 Å². The van der Waals surface area contributed by atoms with Gasteiger partial charge in [0, 0.05) is 39.9 Å². The van der Waals surface area contributed by atoms with Crippen molar-refractivity contribution in [3.8, 4) is 0 Å². The van der Waals surface area contributed by atoms with Crippen LogP contribution in [0.3, 0.4) is 0 Å². The topological polar surface area (TPSA) is 58.2 Å². The maximum atomic E-state index is 12.2. The zero-order chi connectivity index (χ0) is 16.9. The van der Waals surface area contributed by atoms with Crippen LogP contribution in [0, 0.1) is 0 Å². The van der Waals surface area contributed by atoms with Gasteiger partial charge in [-0.3, -0.25) is 9.59 Å². The molecule has 0 atom stereocenters. The molecule has 3 rings (SSSR count). The second kappa shape index (κ2) is 7.73. The van der Waals surface area contributed by atoms with E-state index in [1.165, 1.54) is 0 Å². The zero-order valence-electron chi connectivity index (χ0n) is 13.0. The van der Waals surface area contributed by atoms with E-state index in [0.29, 0.717) is 24.9 Å². The second-order valence-corrected chi connectivity index (χ2v) is 7.08. The highest BCUT2D eigenvalue weighted by molar-refractivity contribution is 7.99. The highest BCUT2D eigenvalue weighted by Gasteiger charge is 2.16. The van der Waals surface area contributed by atoms with Gasteiger partial charge in [-0.25, -0.2) is 0 Å². The molecule has 0 spiro atoms. The molecule has 0 unspecified atom stereocenters. The highest BCUT2D eigenvalue weighted by Crippen LogP contribution is 2.23. The van der Waals surface area contributed by atoms with E-state index >= 15 is 0 Å². The molecule has 0 saturated heterocycles. The largest absolute Gasteiger partial charge is 0.351 e. The lowest BCUT2D eigenvalue weighted by Crippen LogP contribution is -2.26. The number of rotatable bonds is 5. The van der Waals surface area contributed by atoms with Crippen LogP contribution in [0.2, 0.25) is 5.02 Å². The summed E-state index contributed by atoms with van der Waals surface area (Å²) in [5, 5.41) is 6.46. The molecular formula is C18H17ClN2O2S. The summed E-state index contributed by atoms with van der Waals surface area (Å²) in [6, 6.07) is 13.0. The van der Waals surface area contributed by atoms with Crippen LogP contribution in [0.25, 0.3) is 0 Å². The summed E-state index contributed by atoms with van der Waals surface area (Å²) < 4.78 is 0. The smallest absolute Gasteiger partial charge is 0.251 e. The lowest BCUT2D eigenvalue weighted by molar-refractivity contribution is -0.116. The normalized spacial score (nSPS) is 13.1. The number of fused-ring (bicyclic) bond motifs is 1. The lowest BCUT2D eigenvalue weighted by Gasteiger charge is -2.17. The minimum atomic E-state index is -0.0913. The van der Waals surface area contributed by atoms with Crippen LogP contribution in [0.1, 0.15) is 22.3 Å². The van der Waals surface area contributed by atoms with Crippen LogP contribution < -0.4 is 10.6 Å². The van der Waals surface area contributed by atoms with E-state index < -0.39 is 0 Å². The van der Waals surface area contributed by atoms with Gasteiger partial charge < -0.3 is 10.6 Å². The van der Waals surface area contributed by atoms with Crippen LogP contribution in [0.4, 0.5) is 5.69 Å². The Morgan fingerprint density at radius 1 is 1.17 bits per heavy atom. The Kier molecular flexibility index (Phi) is 5.43. The number of carbonyl (C=O) groups excluding carboxylic acids is 2. The molecule has 2 aromatic carbocycles. The van der Waals surface area contributed by atoms with Gasteiger partial charge in [0.2, 0.25) is 5.91 Å². The number of halogens is 1. The third-order valence-electron chi connectivity index (χ3n) is 3.73. The average molecular weight is 361 g/mol. The summed E-state index contributed by atoms with van der Waals surface area (Å²) in [6.07, 6.45) is 1.14. The summed E-state index contributed by atoms with van der Waals surface area (Å²) in [5.74, 6) is 0.722. The van der Waals surface area contributed by atoms with Gasteiger partial charge in [-0.05, 0) is 54.4 Å². The van der Waals surface area contributed by atoms with Crippen molar-refractivity contribution in [2.45, 2.75) is 17.7 Å². The van der Waals surface area contributed by atoms with Crippen molar-refractivity contribution in [1.82, 2.24) is 5.32 Å². The number of carbonyl (C=O) groups is 2. The number of hydrogen-bond donors (Lipinski definition) is 2. The number of nitrogens with one attached hydrogen (secondary N) is 2. The number of amides is 2. The number of hydrogen-bond acceptors (Lipinski definition) is 3. The van der Waals surface area contributed by atoms with Crippen LogP contribution >= 0.6 is 23.4 Å². The lowest BCUT2D eigenvalue weighted by atomic mass is 10.00. The zero-order valence-corrected chi connectivity index (χ0v) is 14.5. The Morgan fingerprint density at radius 3 is 2.75 bits per heavy atom. The van der Waals surface area contributed by atoms with Gasteiger partial charge in [0.25, 0.3) is 5.91 Å². The molecule has 0 saturated carbocycles. The predicted molar refractivity (Wildman–Crippen MR) is 97.9 cm³/mol. The Balaban J connectivity index is 1.50. The summed E-state index contributed by atoms with van der Waals surface area (Å²) in [6.45, 7) is 0.583. The van der Waals surface area contributed by atoms with Gasteiger partial charge in [-0.15, -0.1) is 11.8 Å². The molecule has 1 heterocycles. The molecule has 0 bridgehead atoms. The van der Waals surface area contributed by atoms with Gasteiger partial charge in [0.1, 0.15) is 0 Å². The van der Waals surface area contributed by atoms with Crippen molar-refractivity contribution in [1.29, 1.82) is 0 Å². The van der Waals surface area contributed by atoms with Crippen LogP contribution in [-0.2, 0) is 11.2 Å². The summed E-state index contributed by atoms with van der Waals surface area (Å²) in [4.78, 5) is 24.7. The van der Waals surface area contributed by atoms with Crippen molar-refractivity contribution < 1.29 is 9.59 Å². The first-order chi connectivity index (χ1) is 11.6. The number of anilines is 1. The first kappa shape index (κ1) is 16.9. The monoisotopic (exact) mass is 360 g/mol. The van der Waals surface area contributed by atoms with Crippen molar-refractivity contribution in [2.24, 2.45) is 0 Å². The van der Waals surface area contributed by atoms with Crippen LogP contribution in [-0.4, -0.2) is 24.1 Å². The van der Waals surface area contributed by atoms with E-state index in [4.69, 9.17) is 11.6 Å². The van der Waals surface area contributed by atoms with Crippen molar-refractivity contribution in [3.63, 3.8) is 0 Å². The molecular weight excluding hydrogens is 344 g/mol. The van der Waals surface area contributed by atoms with E-state index in [-0.39, 0.29) is 11.8 Å². The third-order valence-corrected chi connectivity index (χ3v) is 5.00. The van der Waals surface area contributed by atoms with Crippen LogP contribution in [0.15, 0.2) is 47.4 Å². The van der Waals surface area contributed by atoms with Crippen molar-refractivity contribution in [3.05, 3.63) is 58.6 Å². The molecule has 4 nitrogen and oxygen atoms in total. The van der Waals surface area contributed by atoms with E-state index in [0.717, 1.165) is 26.9 Å². The standard InChI is InChI=1S/C18H17ClN2O2S/c19-14-3-5-15(6-4-14)24-10-9-20-18(23)13-1-7-16-12(11-13)2-8-17(22)21-16/h1,3-7,11H,2,8-10H2,(H,20,23)(H,21,22). The van der Waals surface area contributed by atoms with Gasteiger partial charge in [0.15, 0.2) is 0 Å². The molecule has 2 aromatic rings. The Bertz CT molecular complexity index is 762. The summed E-state index contributed by atoms with van der Waals surface area (Å²) >= 11 is 7.52. The first-order valence-corrected chi connectivity index (χ1v) is 9.07. The minimum Gasteiger partial charge on any atom is -0.351 e. The molecule has 124 valence electrons. The number of aryl methyl sites for hydroxylation is 1. The number of thioether (sulfide) groups is 1. The molecule has 0 radical (unpaired) electrons. The molecule has 2 N–H and O–H groups in total. The molecule has 0 fully saturated rings. The fourth-order valence-corrected chi connectivity index (χ4v) is 3.39. The number of benzene rings is 2. The van der Waals surface area contributed by atoms with Gasteiger partial charge >= 0.3 is 0 Å². The Hall–Kier alpha value is -1.98. The van der Waals surface area contributed by atoms with Gasteiger partial charge in [-0.2, -0.15) is 0 Å². The highest BCUT2D eigenvalue weighted by atomic mass is 35.5. The van der Waals surface area contributed by atoms with E-state index in [2.05, 4.69) is 10.6 Å². The minimum absolute atomic E-state index is 0.0268. The van der Waals surface area contributed by atoms with Crippen LogP contribution in [0.5, 0.6) is 0 Å². The SMILES string of the molecule is O=C1CCc2cc(C(=O)NCCSc3ccc(Cl)cc3)ccc2N1. The fourth-order valence-electron chi connectivity index (χ4n) is 2.49. The Morgan fingerprint density at radius 2 is 1.96 bits per heavy atom.